The van der Waals surface area contributed by atoms with Crippen LogP contribution in [0.2, 0.25) is 10.2 Å². The van der Waals surface area contributed by atoms with Crippen LogP contribution in [0, 0.1) is 10.1 Å². The van der Waals surface area contributed by atoms with Crippen LogP contribution in [-0.4, -0.2) is 25.4 Å². The molecule has 2 aromatic rings. The minimum absolute atomic E-state index is 0.126. The topological polar surface area (TPSA) is 93.4 Å². The largest absolute Gasteiger partial charge is 0.295 e. The van der Waals surface area contributed by atoms with Gasteiger partial charge in [-0.2, -0.15) is 0 Å². The molecule has 22 heavy (non-hydrogen) atoms. The maximum absolute atomic E-state index is 12.6. The van der Waals surface area contributed by atoms with Crippen LogP contribution in [0.25, 0.3) is 0 Å². The number of pyridine rings is 1. The molecule has 0 N–H and O–H groups in total. The number of hydrogen-bond donors (Lipinski definition) is 0. The lowest BCUT2D eigenvalue weighted by atomic mass is 10.3. The summed E-state index contributed by atoms with van der Waals surface area (Å²) in [6.45, 7) is 0. The summed E-state index contributed by atoms with van der Waals surface area (Å²) in [5, 5.41) is 11.0. The second-order valence-electron chi connectivity index (χ2n) is 4.16. The van der Waals surface area contributed by atoms with Gasteiger partial charge < -0.3 is 0 Å². The van der Waals surface area contributed by atoms with Gasteiger partial charge in [-0.3, -0.25) is 14.4 Å². The van der Waals surface area contributed by atoms with E-state index in [0.29, 0.717) is 0 Å². The molecular formula is C12H9Cl2N3O4S. The monoisotopic (exact) mass is 361 g/mol. The number of halogens is 2. The molecule has 0 radical (unpaired) electrons. The highest BCUT2D eigenvalue weighted by atomic mass is 35.5. The van der Waals surface area contributed by atoms with Gasteiger partial charge in [0, 0.05) is 24.3 Å². The van der Waals surface area contributed by atoms with E-state index in [-0.39, 0.29) is 20.8 Å². The first-order valence-corrected chi connectivity index (χ1v) is 7.98. The number of sulfonamides is 1. The van der Waals surface area contributed by atoms with Gasteiger partial charge in [0.2, 0.25) is 0 Å². The molecule has 0 unspecified atom stereocenters. The minimum Gasteiger partial charge on any atom is -0.262 e. The average molecular weight is 362 g/mol. The Labute approximate surface area is 136 Å². The zero-order chi connectivity index (χ0) is 16.5. The fourth-order valence-electron chi connectivity index (χ4n) is 1.75. The lowest BCUT2D eigenvalue weighted by Gasteiger charge is -2.19. The standard InChI is InChI=1S/C12H9Cl2N3O4S/c1-16(9-5-4-8(13)7-10(9)17(18)19)22(20,21)11-3-2-6-15-12(11)14/h2-7H,1H3. The molecule has 0 amide bonds. The summed E-state index contributed by atoms with van der Waals surface area (Å²) >= 11 is 11.5. The fraction of sp³-hybridized carbons (Fsp3) is 0.0833. The van der Waals surface area contributed by atoms with E-state index in [1.165, 1.54) is 37.5 Å². The lowest BCUT2D eigenvalue weighted by molar-refractivity contribution is -0.384. The van der Waals surface area contributed by atoms with E-state index in [4.69, 9.17) is 23.2 Å². The van der Waals surface area contributed by atoms with Crippen LogP contribution in [0.3, 0.4) is 0 Å². The van der Waals surface area contributed by atoms with E-state index in [1.54, 1.807) is 0 Å². The van der Waals surface area contributed by atoms with E-state index in [0.717, 1.165) is 10.4 Å². The Morgan fingerprint density at radius 1 is 1.27 bits per heavy atom. The summed E-state index contributed by atoms with van der Waals surface area (Å²) < 4.78 is 25.9. The number of nitro benzene ring substituents is 1. The molecule has 0 fully saturated rings. The second-order valence-corrected chi connectivity index (χ2v) is 6.89. The third-order valence-electron chi connectivity index (χ3n) is 2.84. The molecule has 0 spiro atoms. The molecule has 0 aliphatic heterocycles. The first-order valence-electron chi connectivity index (χ1n) is 5.78. The molecule has 2 rings (SSSR count). The van der Waals surface area contributed by atoms with Crippen LogP contribution in [0.1, 0.15) is 0 Å². The number of benzene rings is 1. The van der Waals surface area contributed by atoms with E-state index in [2.05, 4.69) is 4.98 Å². The van der Waals surface area contributed by atoms with E-state index in [9.17, 15) is 18.5 Å². The summed E-state index contributed by atoms with van der Waals surface area (Å²) in [6, 6.07) is 6.36. The van der Waals surface area contributed by atoms with Gasteiger partial charge in [0.05, 0.1) is 4.92 Å². The van der Waals surface area contributed by atoms with Gasteiger partial charge in [0.15, 0.2) is 0 Å². The van der Waals surface area contributed by atoms with E-state index >= 15 is 0 Å². The first-order chi connectivity index (χ1) is 10.2. The van der Waals surface area contributed by atoms with E-state index < -0.39 is 20.6 Å². The third kappa shape index (κ3) is 2.99. The summed E-state index contributed by atoms with van der Waals surface area (Å²) in [5.41, 5.74) is -0.562. The number of nitrogens with zero attached hydrogens (tertiary/aromatic N) is 3. The van der Waals surface area contributed by atoms with Crippen molar-refractivity contribution in [1.82, 2.24) is 4.98 Å². The first kappa shape index (κ1) is 16.5. The highest BCUT2D eigenvalue weighted by Crippen LogP contribution is 2.34. The molecule has 116 valence electrons. The maximum Gasteiger partial charge on any atom is 0.295 e. The molecule has 0 saturated heterocycles. The normalized spacial score (nSPS) is 11.2. The predicted octanol–water partition coefficient (Wildman–Crippen LogP) is 3.12. The molecule has 0 atom stereocenters. The zero-order valence-electron chi connectivity index (χ0n) is 11.1. The summed E-state index contributed by atoms with van der Waals surface area (Å²) in [4.78, 5) is 13.8. The highest BCUT2D eigenvalue weighted by Gasteiger charge is 2.29. The lowest BCUT2D eigenvalue weighted by Crippen LogP contribution is -2.27. The van der Waals surface area contributed by atoms with Crippen LogP contribution in [0.5, 0.6) is 0 Å². The quantitative estimate of drug-likeness (QED) is 0.473. The number of hydrogen-bond acceptors (Lipinski definition) is 5. The molecule has 0 aliphatic carbocycles. The second kappa shape index (κ2) is 6.07. The van der Waals surface area contributed by atoms with Crippen molar-refractivity contribution in [2.24, 2.45) is 0 Å². The fourth-order valence-corrected chi connectivity index (χ4v) is 3.55. The highest BCUT2D eigenvalue weighted by molar-refractivity contribution is 7.93. The van der Waals surface area contributed by atoms with Gasteiger partial charge in [-0.05, 0) is 24.3 Å². The van der Waals surface area contributed by atoms with Crippen molar-refractivity contribution in [3.63, 3.8) is 0 Å². The van der Waals surface area contributed by atoms with Gasteiger partial charge in [-0.15, -0.1) is 0 Å². The molecule has 0 bridgehead atoms. The van der Waals surface area contributed by atoms with Crippen LogP contribution in [0.4, 0.5) is 11.4 Å². The summed E-state index contributed by atoms with van der Waals surface area (Å²) in [6.07, 6.45) is 1.34. The van der Waals surface area contributed by atoms with Crippen molar-refractivity contribution in [1.29, 1.82) is 0 Å². The van der Waals surface area contributed by atoms with Crippen molar-refractivity contribution < 1.29 is 13.3 Å². The van der Waals surface area contributed by atoms with Crippen molar-refractivity contribution in [2.45, 2.75) is 4.90 Å². The van der Waals surface area contributed by atoms with Crippen LogP contribution < -0.4 is 4.31 Å². The van der Waals surface area contributed by atoms with Crippen molar-refractivity contribution in [3.05, 3.63) is 56.8 Å². The number of aromatic nitrogens is 1. The van der Waals surface area contributed by atoms with Crippen molar-refractivity contribution >= 4 is 44.6 Å². The van der Waals surface area contributed by atoms with Crippen molar-refractivity contribution in [2.75, 3.05) is 11.4 Å². The van der Waals surface area contributed by atoms with Crippen LogP contribution in [0.15, 0.2) is 41.4 Å². The Morgan fingerprint density at radius 3 is 2.55 bits per heavy atom. The summed E-state index contributed by atoms with van der Waals surface area (Å²) in [5.74, 6) is 0. The van der Waals surface area contributed by atoms with Gasteiger partial charge in [-0.1, -0.05) is 23.2 Å². The molecule has 1 heterocycles. The average Bonchev–Trinajstić information content (AvgIpc) is 2.46. The van der Waals surface area contributed by atoms with Gasteiger partial charge >= 0.3 is 0 Å². The Morgan fingerprint density at radius 2 is 1.95 bits per heavy atom. The molecular weight excluding hydrogens is 353 g/mol. The SMILES string of the molecule is CN(c1ccc(Cl)cc1[N+](=O)[O-])S(=O)(=O)c1cccnc1Cl. The maximum atomic E-state index is 12.6. The molecule has 7 nitrogen and oxygen atoms in total. The van der Waals surface area contributed by atoms with Crippen LogP contribution in [-0.2, 0) is 10.0 Å². The molecule has 0 saturated carbocycles. The Kier molecular flexibility index (Phi) is 4.55. The number of nitro groups is 1. The van der Waals surface area contributed by atoms with Gasteiger partial charge in [0.1, 0.15) is 15.7 Å². The summed E-state index contributed by atoms with van der Waals surface area (Å²) in [7, 11) is -2.91. The molecule has 0 aliphatic rings. The zero-order valence-corrected chi connectivity index (χ0v) is 13.4. The number of anilines is 1. The minimum atomic E-state index is -4.10. The molecule has 10 heteroatoms. The van der Waals surface area contributed by atoms with Gasteiger partial charge in [-0.25, -0.2) is 13.4 Å². The molecule has 1 aromatic carbocycles. The number of rotatable bonds is 4. The predicted molar refractivity (Wildman–Crippen MR) is 82.9 cm³/mol. The Balaban J connectivity index is 2.59. The van der Waals surface area contributed by atoms with Crippen molar-refractivity contribution in [3.8, 4) is 0 Å². The molecule has 1 aromatic heterocycles. The Bertz CT molecular complexity index is 842. The smallest absolute Gasteiger partial charge is 0.262 e. The van der Waals surface area contributed by atoms with Gasteiger partial charge in [0.25, 0.3) is 15.7 Å². The third-order valence-corrected chi connectivity index (χ3v) is 5.29. The van der Waals surface area contributed by atoms with Crippen LogP contribution >= 0.6 is 23.2 Å². The Hall–Kier alpha value is -1.90. The van der Waals surface area contributed by atoms with E-state index in [1.807, 2.05) is 0 Å².